The maximum atomic E-state index is 9.04. The van der Waals surface area contributed by atoms with Crippen molar-refractivity contribution in [1.82, 2.24) is 4.90 Å². The molecule has 2 bridgehead atoms. The van der Waals surface area contributed by atoms with Gasteiger partial charge in [0.05, 0.1) is 5.56 Å². The minimum atomic E-state index is 0.619. The lowest BCUT2D eigenvalue weighted by atomic mass is 9.88. The second kappa shape index (κ2) is 6.49. The Hall–Kier alpha value is -1.53. The standard InChI is InChI=1S/C18H24N2O/c1-20(13-17-11-14-6-7-15(17)10-14)8-9-21-18-5-3-2-4-16(18)12-19/h2-5,14-15,17H,6-11,13H2,1H3. The zero-order valence-corrected chi connectivity index (χ0v) is 12.8. The average molecular weight is 284 g/mol. The zero-order chi connectivity index (χ0) is 14.7. The van der Waals surface area contributed by atoms with Gasteiger partial charge in [0, 0.05) is 13.1 Å². The van der Waals surface area contributed by atoms with Gasteiger partial charge in [-0.05, 0) is 56.2 Å². The monoisotopic (exact) mass is 284 g/mol. The maximum Gasteiger partial charge on any atom is 0.137 e. The molecule has 3 rings (SSSR count). The van der Waals surface area contributed by atoms with E-state index in [1.807, 2.05) is 18.2 Å². The summed E-state index contributed by atoms with van der Waals surface area (Å²) in [6.07, 6.45) is 5.84. The molecule has 3 atom stereocenters. The van der Waals surface area contributed by atoms with Gasteiger partial charge < -0.3 is 9.64 Å². The lowest BCUT2D eigenvalue weighted by Crippen LogP contribution is -2.31. The van der Waals surface area contributed by atoms with Crippen LogP contribution in [0, 0.1) is 29.1 Å². The van der Waals surface area contributed by atoms with Gasteiger partial charge in [0.2, 0.25) is 0 Å². The Morgan fingerprint density at radius 2 is 2.14 bits per heavy atom. The van der Waals surface area contributed by atoms with Crippen molar-refractivity contribution in [2.75, 3.05) is 26.7 Å². The summed E-state index contributed by atoms with van der Waals surface area (Å²) in [4.78, 5) is 2.39. The van der Waals surface area contributed by atoms with Crippen LogP contribution in [0.4, 0.5) is 0 Å². The quantitative estimate of drug-likeness (QED) is 0.804. The molecule has 2 fully saturated rings. The predicted molar refractivity (Wildman–Crippen MR) is 83.1 cm³/mol. The Morgan fingerprint density at radius 1 is 1.29 bits per heavy atom. The summed E-state index contributed by atoms with van der Waals surface area (Å²) in [5, 5.41) is 9.04. The van der Waals surface area contributed by atoms with Crippen LogP contribution < -0.4 is 4.74 Å². The summed E-state index contributed by atoms with van der Waals surface area (Å²) in [6, 6.07) is 9.62. The van der Waals surface area contributed by atoms with Crippen molar-refractivity contribution in [3.63, 3.8) is 0 Å². The number of hydrogen-bond acceptors (Lipinski definition) is 3. The average Bonchev–Trinajstić information content (AvgIpc) is 3.10. The number of nitrogens with zero attached hydrogens (tertiary/aromatic N) is 2. The maximum absolute atomic E-state index is 9.04. The van der Waals surface area contributed by atoms with E-state index in [4.69, 9.17) is 10.00 Å². The van der Waals surface area contributed by atoms with Crippen LogP contribution in [-0.2, 0) is 0 Å². The molecule has 0 aliphatic heterocycles. The van der Waals surface area contributed by atoms with E-state index < -0.39 is 0 Å². The Labute approximate surface area is 127 Å². The SMILES string of the molecule is CN(CCOc1ccccc1C#N)CC1CC2CCC1C2. The van der Waals surface area contributed by atoms with Crippen molar-refractivity contribution in [3.8, 4) is 11.8 Å². The Bertz CT molecular complexity index is 522. The fraction of sp³-hybridized carbons (Fsp3) is 0.611. The number of rotatable bonds is 6. The van der Waals surface area contributed by atoms with Crippen molar-refractivity contribution >= 4 is 0 Å². The van der Waals surface area contributed by atoms with Crippen LogP contribution >= 0.6 is 0 Å². The van der Waals surface area contributed by atoms with E-state index >= 15 is 0 Å². The van der Waals surface area contributed by atoms with E-state index in [0.717, 1.165) is 24.3 Å². The Balaban J connectivity index is 1.42. The summed E-state index contributed by atoms with van der Waals surface area (Å²) in [6.45, 7) is 2.77. The van der Waals surface area contributed by atoms with Gasteiger partial charge in [-0.15, -0.1) is 0 Å². The van der Waals surface area contributed by atoms with Gasteiger partial charge >= 0.3 is 0 Å². The summed E-state index contributed by atoms with van der Waals surface area (Å²) < 4.78 is 5.76. The molecule has 0 heterocycles. The molecule has 0 amide bonds. The normalized spacial score (nSPS) is 27.0. The molecule has 2 aliphatic rings. The van der Waals surface area contributed by atoms with Crippen LogP contribution in [0.5, 0.6) is 5.75 Å². The van der Waals surface area contributed by atoms with Crippen LogP contribution in [0.15, 0.2) is 24.3 Å². The first-order valence-corrected chi connectivity index (χ1v) is 8.06. The third kappa shape index (κ3) is 3.39. The molecule has 21 heavy (non-hydrogen) atoms. The number of nitriles is 1. The molecule has 0 spiro atoms. The van der Waals surface area contributed by atoms with Crippen molar-refractivity contribution < 1.29 is 4.74 Å². The smallest absolute Gasteiger partial charge is 0.137 e. The van der Waals surface area contributed by atoms with E-state index in [9.17, 15) is 0 Å². The molecular formula is C18H24N2O. The van der Waals surface area contributed by atoms with Gasteiger partial charge in [0.15, 0.2) is 0 Å². The highest BCUT2D eigenvalue weighted by Gasteiger charge is 2.39. The van der Waals surface area contributed by atoms with Gasteiger partial charge in [-0.3, -0.25) is 0 Å². The predicted octanol–water partition coefficient (Wildman–Crippen LogP) is 3.31. The molecule has 3 unspecified atom stereocenters. The molecule has 1 aromatic rings. The van der Waals surface area contributed by atoms with Crippen molar-refractivity contribution in [1.29, 1.82) is 5.26 Å². The molecule has 0 radical (unpaired) electrons. The second-order valence-electron chi connectivity index (χ2n) is 6.65. The molecular weight excluding hydrogens is 260 g/mol. The fourth-order valence-electron chi connectivity index (χ4n) is 4.09. The van der Waals surface area contributed by atoms with E-state index in [2.05, 4.69) is 18.0 Å². The highest BCUT2D eigenvalue weighted by atomic mass is 16.5. The van der Waals surface area contributed by atoms with Gasteiger partial charge in [-0.2, -0.15) is 5.26 Å². The number of likely N-dealkylation sites (N-methyl/N-ethyl adjacent to an activating group) is 1. The van der Waals surface area contributed by atoms with E-state index in [1.54, 1.807) is 6.07 Å². The highest BCUT2D eigenvalue weighted by Crippen LogP contribution is 2.48. The molecule has 0 aromatic heterocycles. The first kappa shape index (κ1) is 14.4. The first-order valence-electron chi connectivity index (χ1n) is 8.06. The minimum absolute atomic E-state index is 0.619. The Kier molecular flexibility index (Phi) is 4.45. The lowest BCUT2D eigenvalue weighted by Gasteiger charge is -2.27. The van der Waals surface area contributed by atoms with Crippen molar-refractivity contribution in [2.24, 2.45) is 17.8 Å². The molecule has 1 aromatic carbocycles. The number of hydrogen-bond donors (Lipinski definition) is 0. The van der Waals surface area contributed by atoms with Gasteiger partial charge in [0.1, 0.15) is 18.4 Å². The van der Waals surface area contributed by atoms with E-state index in [-0.39, 0.29) is 0 Å². The van der Waals surface area contributed by atoms with Crippen LogP contribution in [0.1, 0.15) is 31.2 Å². The summed E-state index contributed by atoms with van der Waals surface area (Å²) in [7, 11) is 2.19. The van der Waals surface area contributed by atoms with Crippen LogP contribution in [0.2, 0.25) is 0 Å². The van der Waals surface area contributed by atoms with Crippen molar-refractivity contribution in [3.05, 3.63) is 29.8 Å². The molecule has 112 valence electrons. The third-order valence-corrected chi connectivity index (χ3v) is 5.17. The van der Waals surface area contributed by atoms with Crippen LogP contribution in [0.25, 0.3) is 0 Å². The molecule has 0 N–H and O–H groups in total. The number of benzene rings is 1. The van der Waals surface area contributed by atoms with E-state index in [1.165, 1.54) is 32.2 Å². The topological polar surface area (TPSA) is 36.3 Å². The molecule has 2 saturated carbocycles. The Morgan fingerprint density at radius 3 is 2.86 bits per heavy atom. The third-order valence-electron chi connectivity index (χ3n) is 5.17. The summed E-state index contributed by atoms with van der Waals surface area (Å²) >= 11 is 0. The largest absolute Gasteiger partial charge is 0.491 e. The van der Waals surface area contributed by atoms with Gasteiger partial charge in [-0.25, -0.2) is 0 Å². The molecule has 2 aliphatic carbocycles. The minimum Gasteiger partial charge on any atom is -0.491 e. The van der Waals surface area contributed by atoms with Gasteiger partial charge in [-0.1, -0.05) is 18.6 Å². The van der Waals surface area contributed by atoms with Crippen molar-refractivity contribution in [2.45, 2.75) is 25.7 Å². The van der Waals surface area contributed by atoms with E-state index in [0.29, 0.717) is 17.9 Å². The first-order chi connectivity index (χ1) is 10.3. The number of ether oxygens (including phenoxy) is 1. The summed E-state index contributed by atoms with van der Waals surface area (Å²) in [5.74, 6) is 3.61. The molecule has 3 nitrogen and oxygen atoms in total. The van der Waals surface area contributed by atoms with Gasteiger partial charge in [0.25, 0.3) is 0 Å². The summed E-state index contributed by atoms with van der Waals surface area (Å²) in [5.41, 5.74) is 0.619. The molecule has 3 heteroatoms. The number of fused-ring (bicyclic) bond motifs is 2. The number of para-hydroxylation sites is 1. The van der Waals surface area contributed by atoms with Crippen LogP contribution in [0.3, 0.4) is 0 Å². The lowest BCUT2D eigenvalue weighted by molar-refractivity contribution is 0.187. The van der Waals surface area contributed by atoms with Crippen LogP contribution in [-0.4, -0.2) is 31.6 Å². The molecule has 0 saturated heterocycles. The highest BCUT2D eigenvalue weighted by molar-refractivity contribution is 5.42. The fourth-order valence-corrected chi connectivity index (χ4v) is 4.09. The second-order valence-corrected chi connectivity index (χ2v) is 6.65. The zero-order valence-electron chi connectivity index (χ0n) is 12.8.